The maximum absolute atomic E-state index is 11.9. The number of rotatable bonds is 5. The molecular weight excluding hydrogens is 358 g/mol. The van der Waals surface area contributed by atoms with Crippen LogP contribution in [0.2, 0.25) is 5.02 Å². The van der Waals surface area contributed by atoms with E-state index in [2.05, 4.69) is 15.4 Å². The van der Waals surface area contributed by atoms with E-state index in [0.717, 1.165) is 11.1 Å². The Morgan fingerprint density at radius 3 is 2.35 bits per heavy atom. The molecule has 8 heteroatoms. The number of hydrogen-bond acceptors (Lipinski definition) is 5. The summed E-state index contributed by atoms with van der Waals surface area (Å²) in [6.45, 7) is 1.96. The number of carboxylic acids is 1. The molecule has 0 aliphatic heterocycles. The molecule has 0 fully saturated rings. The largest absolute Gasteiger partial charge is 0.478 e. The summed E-state index contributed by atoms with van der Waals surface area (Å²) in [7, 11) is 0. The molecule has 0 aliphatic rings. The SMILES string of the molecule is CCOC(=O)c1n[nH]nc1-c1ccc(-c2ccc(C(=O)O)c(Cl)c2)cc1. The molecule has 26 heavy (non-hydrogen) atoms. The van der Waals surface area contributed by atoms with Gasteiger partial charge in [-0.15, -0.1) is 5.10 Å². The topological polar surface area (TPSA) is 105 Å². The fourth-order valence-electron chi connectivity index (χ4n) is 2.46. The number of esters is 1. The first kappa shape index (κ1) is 17.6. The molecule has 3 rings (SSSR count). The van der Waals surface area contributed by atoms with Crippen LogP contribution >= 0.6 is 11.6 Å². The Morgan fingerprint density at radius 2 is 1.73 bits per heavy atom. The summed E-state index contributed by atoms with van der Waals surface area (Å²) in [5, 5.41) is 19.5. The molecule has 0 aliphatic carbocycles. The van der Waals surface area contributed by atoms with Crippen molar-refractivity contribution in [3.8, 4) is 22.4 Å². The highest BCUT2D eigenvalue weighted by molar-refractivity contribution is 6.33. The number of carboxylic acid groups (broad SMARTS) is 1. The molecule has 0 saturated heterocycles. The van der Waals surface area contributed by atoms with Gasteiger partial charge in [-0.1, -0.05) is 41.9 Å². The Hall–Kier alpha value is -3.19. The Kier molecular flexibility index (Phi) is 4.99. The van der Waals surface area contributed by atoms with Crippen molar-refractivity contribution >= 4 is 23.5 Å². The van der Waals surface area contributed by atoms with Crippen LogP contribution < -0.4 is 0 Å². The Bertz CT molecular complexity index is 967. The molecule has 2 N–H and O–H groups in total. The number of H-pyrrole nitrogens is 1. The standard InChI is InChI=1S/C18H14ClN3O4/c1-2-26-18(25)16-15(20-22-21-16)11-5-3-10(4-6-11)12-7-8-13(17(23)24)14(19)9-12/h3-9H,2H2,1H3,(H,23,24)(H,20,21,22). The van der Waals surface area contributed by atoms with Gasteiger partial charge >= 0.3 is 11.9 Å². The van der Waals surface area contributed by atoms with Gasteiger partial charge in [0.05, 0.1) is 17.2 Å². The second kappa shape index (κ2) is 7.37. The number of carbonyl (C=O) groups excluding carboxylic acids is 1. The van der Waals surface area contributed by atoms with E-state index in [0.29, 0.717) is 11.3 Å². The first-order chi connectivity index (χ1) is 12.5. The van der Waals surface area contributed by atoms with Crippen LogP contribution in [0.5, 0.6) is 0 Å². The minimum Gasteiger partial charge on any atom is -0.478 e. The maximum Gasteiger partial charge on any atom is 0.361 e. The lowest BCUT2D eigenvalue weighted by atomic mass is 10.0. The Balaban J connectivity index is 1.90. The molecule has 1 heterocycles. The molecule has 132 valence electrons. The van der Waals surface area contributed by atoms with Gasteiger partial charge in [0.1, 0.15) is 5.69 Å². The lowest BCUT2D eigenvalue weighted by Gasteiger charge is -2.06. The average molecular weight is 372 g/mol. The zero-order valence-electron chi connectivity index (χ0n) is 13.7. The van der Waals surface area contributed by atoms with Crippen molar-refractivity contribution in [1.82, 2.24) is 15.4 Å². The smallest absolute Gasteiger partial charge is 0.361 e. The number of benzene rings is 2. The zero-order valence-corrected chi connectivity index (χ0v) is 14.4. The van der Waals surface area contributed by atoms with Gasteiger partial charge < -0.3 is 9.84 Å². The number of nitrogens with one attached hydrogen (secondary N) is 1. The molecule has 0 atom stereocenters. The van der Waals surface area contributed by atoms with Crippen LogP contribution in [0, 0.1) is 0 Å². The normalized spacial score (nSPS) is 10.5. The lowest BCUT2D eigenvalue weighted by Crippen LogP contribution is -2.06. The molecule has 7 nitrogen and oxygen atoms in total. The van der Waals surface area contributed by atoms with E-state index in [4.69, 9.17) is 21.4 Å². The first-order valence-corrected chi connectivity index (χ1v) is 8.10. The van der Waals surface area contributed by atoms with E-state index in [-0.39, 0.29) is 22.9 Å². The van der Waals surface area contributed by atoms with Crippen molar-refractivity contribution in [3.05, 3.63) is 58.7 Å². The summed E-state index contributed by atoms with van der Waals surface area (Å²) in [4.78, 5) is 22.9. The number of nitrogens with zero attached hydrogens (tertiary/aromatic N) is 2. The number of aromatic nitrogens is 3. The van der Waals surface area contributed by atoms with E-state index in [1.165, 1.54) is 6.07 Å². The minimum absolute atomic E-state index is 0.0497. The minimum atomic E-state index is -1.07. The number of ether oxygens (including phenoxy) is 1. The number of aromatic carboxylic acids is 1. The number of halogens is 1. The van der Waals surface area contributed by atoms with Crippen molar-refractivity contribution < 1.29 is 19.4 Å². The van der Waals surface area contributed by atoms with Crippen LogP contribution in [-0.4, -0.2) is 39.1 Å². The van der Waals surface area contributed by atoms with E-state index < -0.39 is 11.9 Å². The Morgan fingerprint density at radius 1 is 1.08 bits per heavy atom. The van der Waals surface area contributed by atoms with Crippen molar-refractivity contribution in [1.29, 1.82) is 0 Å². The second-order valence-corrected chi connectivity index (χ2v) is 5.73. The second-order valence-electron chi connectivity index (χ2n) is 5.32. The summed E-state index contributed by atoms with van der Waals surface area (Å²) in [5.74, 6) is -1.62. The number of hydrogen-bond donors (Lipinski definition) is 2. The van der Waals surface area contributed by atoms with E-state index in [1.807, 2.05) is 12.1 Å². The van der Waals surface area contributed by atoms with E-state index in [9.17, 15) is 9.59 Å². The third-order valence-electron chi connectivity index (χ3n) is 3.71. The van der Waals surface area contributed by atoms with Gasteiger partial charge in [-0.3, -0.25) is 0 Å². The van der Waals surface area contributed by atoms with Crippen molar-refractivity contribution in [2.75, 3.05) is 6.61 Å². The molecule has 0 radical (unpaired) electrons. The van der Waals surface area contributed by atoms with Gasteiger partial charge in [-0.2, -0.15) is 10.3 Å². The quantitative estimate of drug-likeness (QED) is 0.663. The predicted octanol–water partition coefficient (Wildman–Crippen LogP) is 3.67. The van der Waals surface area contributed by atoms with Gasteiger partial charge in [-0.05, 0) is 30.2 Å². The Labute approximate surface area is 153 Å². The molecular formula is C18H14ClN3O4. The van der Waals surface area contributed by atoms with Gasteiger partial charge in [0.25, 0.3) is 0 Å². The molecule has 0 bridgehead atoms. The highest BCUT2D eigenvalue weighted by Crippen LogP contribution is 2.28. The molecule has 3 aromatic rings. The first-order valence-electron chi connectivity index (χ1n) is 7.72. The van der Waals surface area contributed by atoms with E-state index >= 15 is 0 Å². The van der Waals surface area contributed by atoms with Crippen LogP contribution in [0.25, 0.3) is 22.4 Å². The zero-order chi connectivity index (χ0) is 18.7. The summed E-state index contributed by atoms with van der Waals surface area (Å²) >= 11 is 6.02. The number of carbonyl (C=O) groups is 2. The van der Waals surface area contributed by atoms with Crippen LogP contribution in [0.4, 0.5) is 0 Å². The van der Waals surface area contributed by atoms with Crippen LogP contribution in [0.15, 0.2) is 42.5 Å². The van der Waals surface area contributed by atoms with Crippen LogP contribution in [-0.2, 0) is 4.74 Å². The highest BCUT2D eigenvalue weighted by atomic mass is 35.5. The monoisotopic (exact) mass is 371 g/mol. The molecule has 0 amide bonds. The van der Waals surface area contributed by atoms with E-state index in [1.54, 1.807) is 31.2 Å². The fraction of sp³-hybridized carbons (Fsp3) is 0.111. The van der Waals surface area contributed by atoms with Gasteiger partial charge in [0, 0.05) is 5.56 Å². The summed E-state index contributed by atoms with van der Waals surface area (Å²) in [6.07, 6.45) is 0. The third-order valence-corrected chi connectivity index (χ3v) is 4.02. The molecule has 1 aromatic heterocycles. The van der Waals surface area contributed by atoms with Crippen molar-refractivity contribution in [2.45, 2.75) is 6.92 Å². The maximum atomic E-state index is 11.9. The molecule has 0 unspecified atom stereocenters. The average Bonchev–Trinajstić information content (AvgIpc) is 3.11. The molecule has 2 aromatic carbocycles. The fourth-order valence-corrected chi connectivity index (χ4v) is 2.72. The third kappa shape index (κ3) is 3.43. The molecule has 0 spiro atoms. The highest BCUT2D eigenvalue weighted by Gasteiger charge is 2.19. The van der Waals surface area contributed by atoms with Crippen LogP contribution in [0.1, 0.15) is 27.8 Å². The van der Waals surface area contributed by atoms with Crippen LogP contribution in [0.3, 0.4) is 0 Å². The van der Waals surface area contributed by atoms with Gasteiger partial charge in [0.15, 0.2) is 5.69 Å². The number of aromatic amines is 1. The summed E-state index contributed by atoms with van der Waals surface area (Å²) in [5.41, 5.74) is 2.88. The van der Waals surface area contributed by atoms with Crippen molar-refractivity contribution in [2.24, 2.45) is 0 Å². The summed E-state index contributed by atoms with van der Waals surface area (Å²) in [6, 6.07) is 12.0. The molecule has 0 saturated carbocycles. The summed E-state index contributed by atoms with van der Waals surface area (Å²) < 4.78 is 4.96. The lowest BCUT2D eigenvalue weighted by molar-refractivity contribution is 0.0519. The predicted molar refractivity (Wildman–Crippen MR) is 95.2 cm³/mol. The van der Waals surface area contributed by atoms with Crippen molar-refractivity contribution in [3.63, 3.8) is 0 Å². The van der Waals surface area contributed by atoms with Gasteiger partial charge in [0.2, 0.25) is 0 Å². The van der Waals surface area contributed by atoms with Gasteiger partial charge in [-0.25, -0.2) is 9.59 Å².